The van der Waals surface area contributed by atoms with Crippen LogP contribution in [0.2, 0.25) is 0 Å². The predicted octanol–water partition coefficient (Wildman–Crippen LogP) is 3.62. The first-order valence-corrected chi connectivity index (χ1v) is 8.14. The summed E-state index contributed by atoms with van der Waals surface area (Å²) in [7, 11) is 0. The van der Waals surface area contributed by atoms with Crippen LogP contribution < -0.4 is 5.32 Å². The minimum atomic E-state index is 0.480. The molecule has 18 heavy (non-hydrogen) atoms. The van der Waals surface area contributed by atoms with E-state index in [0.717, 1.165) is 26.0 Å². The fraction of sp³-hybridized carbons (Fsp3) is 0.733. The second-order valence-corrected chi connectivity index (χ2v) is 6.19. The molecule has 0 amide bonds. The Balaban J connectivity index is 1.83. The van der Waals surface area contributed by atoms with Crippen molar-refractivity contribution in [2.24, 2.45) is 0 Å². The van der Waals surface area contributed by atoms with Gasteiger partial charge in [0.15, 0.2) is 0 Å². The number of hydrogen-bond acceptors (Lipinski definition) is 3. The van der Waals surface area contributed by atoms with Crippen LogP contribution in [0.3, 0.4) is 0 Å². The van der Waals surface area contributed by atoms with Crippen molar-refractivity contribution in [1.29, 1.82) is 0 Å². The molecule has 2 heterocycles. The van der Waals surface area contributed by atoms with Gasteiger partial charge in [0.05, 0.1) is 6.10 Å². The molecule has 0 spiro atoms. The van der Waals surface area contributed by atoms with E-state index < -0.39 is 0 Å². The summed E-state index contributed by atoms with van der Waals surface area (Å²) in [6.07, 6.45) is 7.82. The molecule has 0 radical (unpaired) electrons. The third kappa shape index (κ3) is 4.71. The molecule has 2 nitrogen and oxygen atoms in total. The highest BCUT2D eigenvalue weighted by molar-refractivity contribution is 7.09. The van der Waals surface area contributed by atoms with Crippen molar-refractivity contribution < 1.29 is 4.74 Å². The summed E-state index contributed by atoms with van der Waals surface area (Å²) in [5.41, 5.74) is 0. The number of nitrogens with one attached hydrogen (secondary N) is 1. The molecule has 1 aromatic rings. The first kappa shape index (κ1) is 14.0. The number of ether oxygens (including phenoxy) is 1. The molecular weight excluding hydrogens is 242 g/mol. The molecule has 1 saturated heterocycles. The zero-order chi connectivity index (χ0) is 12.6. The molecule has 2 rings (SSSR count). The van der Waals surface area contributed by atoms with E-state index in [9.17, 15) is 0 Å². The van der Waals surface area contributed by atoms with Gasteiger partial charge in [-0.2, -0.15) is 0 Å². The standard InChI is InChI=1S/C15H25NOS/c1-2-8-16-13(12-15-7-5-10-18-15)11-14-6-3-4-9-17-14/h5,7,10,13-14,16H,2-4,6,8-9,11-12H2,1H3. The van der Waals surface area contributed by atoms with Crippen LogP contribution in [0.25, 0.3) is 0 Å². The topological polar surface area (TPSA) is 21.3 Å². The lowest BCUT2D eigenvalue weighted by atomic mass is 9.99. The minimum absolute atomic E-state index is 0.480. The smallest absolute Gasteiger partial charge is 0.0590 e. The number of thiophene rings is 1. The van der Waals surface area contributed by atoms with Crippen LogP contribution in [0.15, 0.2) is 17.5 Å². The molecule has 0 aliphatic carbocycles. The van der Waals surface area contributed by atoms with Crippen LogP contribution >= 0.6 is 11.3 Å². The summed E-state index contributed by atoms with van der Waals surface area (Å²) in [6.45, 7) is 4.30. The Morgan fingerprint density at radius 2 is 2.44 bits per heavy atom. The monoisotopic (exact) mass is 267 g/mol. The van der Waals surface area contributed by atoms with Gasteiger partial charge in [0.1, 0.15) is 0 Å². The zero-order valence-corrected chi connectivity index (χ0v) is 12.2. The van der Waals surface area contributed by atoms with Gasteiger partial charge in [0, 0.05) is 17.5 Å². The molecule has 0 bridgehead atoms. The minimum Gasteiger partial charge on any atom is -0.378 e. The first-order chi connectivity index (χ1) is 8.88. The molecule has 1 aliphatic rings. The quantitative estimate of drug-likeness (QED) is 0.814. The summed E-state index contributed by atoms with van der Waals surface area (Å²) in [6, 6.07) is 4.97. The molecule has 0 aromatic carbocycles. The Morgan fingerprint density at radius 3 is 3.11 bits per heavy atom. The third-order valence-electron chi connectivity index (χ3n) is 3.53. The Bertz CT molecular complexity index is 306. The lowest BCUT2D eigenvalue weighted by molar-refractivity contribution is 0.00531. The SMILES string of the molecule is CCCNC(Cc1cccs1)CC1CCCCO1. The molecule has 0 saturated carbocycles. The summed E-state index contributed by atoms with van der Waals surface area (Å²) in [5, 5.41) is 5.85. The summed E-state index contributed by atoms with van der Waals surface area (Å²) in [5.74, 6) is 0. The van der Waals surface area contributed by atoms with Crippen molar-refractivity contribution in [2.75, 3.05) is 13.2 Å². The van der Waals surface area contributed by atoms with E-state index in [4.69, 9.17) is 4.74 Å². The first-order valence-electron chi connectivity index (χ1n) is 7.26. The average Bonchev–Trinajstić information content (AvgIpc) is 2.90. The molecule has 2 atom stereocenters. The van der Waals surface area contributed by atoms with Crippen LogP contribution in [-0.4, -0.2) is 25.3 Å². The maximum Gasteiger partial charge on any atom is 0.0590 e. The molecule has 1 aromatic heterocycles. The Kier molecular flexibility index (Phi) is 6.18. The van der Waals surface area contributed by atoms with E-state index in [-0.39, 0.29) is 0 Å². The molecule has 2 unspecified atom stereocenters. The van der Waals surface area contributed by atoms with Crippen LogP contribution in [0, 0.1) is 0 Å². The largest absolute Gasteiger partial charge is 0.378 e. The van der Waals surface area contributed by atoms with Crippen LogP contribution in [0.5, 0.6) is 0 Å². The van der Waals surface area contributed by atoms with Crippen molar-refractivity contribution >= 4 is 11.3 Å². The van der Waals surface area contributed by atoms with Gasteiger partial charge in [-0.25, -0.2) is 0 Å². The maximum atomic E-state index is 5.87. The normalized spacial score (nSPS) is 21.9. The van der Waals surface area contributed by atoms with E-state index in [1.807, 2.05) is 11.3 Å². The van der Waals surface area contributed by atoms with Gasteiger partial charge < -0.3 is 10.1 Å². The molecule has 102 valence electrons. The lowest BCUT2D eigenvalue weighted by Gasteiger charge is -2.27. The number of rotatable bonds is 7. The highest BCUT2D eigenvalue weighted by atomic mass is 32.1. The van der Waals surface area contributed by atoms with Crippen molar-refractivity contribution in [2.45, 2.75) is 57.6 Å². The Hall–Kier alpha value is -0.380. The highest BCUT2D eigenvalue weighted by Gasteiger charge is 2.19. The zero-order valence-electron chi connectivity index (χ0n) is 11.4. The molecule has 1 N–H and O–H groups in total. The maximum absolute atomic E-state index is 5.87. The Labute approximate surface area is 115 Å². The van der Waals surface area contributed by atoms with Crippen LogP contribution in [0.1, 0.15) is 43.9 Å². The second kappa shape index (κ2) is 7.93. The van der Waals surface area contributed by atoms with Crippen molar-refractivity contribution in [3.05, 3.63) is 22.4 Å². The van der Waals surface area contributed by atoms with Gasteiger partial charge >= 0.3 is 0 Å². The van der Waals surface area contributed by atoms with Gasteiger partial charge in [0.2, 0.25) is 0 Å². The molecule has 1 fully saturated rings. The average molecular weight is 267 g/mol. The van der Waals surface area contributed by atoms with Crippen molar-refractivity contribution in [3.8, 4) is 0 Å². The molecule has 3 heteroatoms. The van der Waals surface area contributed by atoms with Crippen molar-refractivity contribution in [3.63, 3.8) is 0 Å². The van der Waals surface area contributed by atoms with Crippen LogP contribution in [-0.2, 0) is 11.2 Å². The fourth-order valence-corrected chi connectivity index (χ4v) is 3.36. The van der Waals surface area contributed by atoms with Crippen LogP contribution in [0.4, 0.5) is 0 Å². The van der Waals surface area contributed by atoms with Gasteiger partial charge in [0.25, 0.3) is 0 Å². The third-order valence-corrected chi connectivity index (χ3v) is 4.43. The van der Waals surface area contributed by atoms with E-state index in [1.165, 1.54) is 30.6 Å². The lowest BCUT2D eigenvalue weighted by Crippen LogP contribution is -2.36. The highest BCUT2D eigenvalue weighted by Crippen LogP contribution is 2.20. The summed E-state index contributed by atoms with van der Waals surface area (Å²) < 4.78 is 5.87. The van der Waals surface area contributed by atoms with Crippen molar-refractivity contribution in [1.82, 2.24) is 5.32 Å². The predicted molar refractivity (Wildman–Crippen MR) is 78.3 cm³/mol. The van der Waals surface area contributed by atoms with Gasteiger partial charge in [-0.1, -0.05) is 13.0 Å². The van der Waals surface area contributed by atoms with E-state index >= 15 is 0 Å². The van der Waals surface area contributed by atoms with Gasteiger partial charge in [-0.15, -0.1) is 11.3 Å². The fourth-order valence-electron chi connectivity index (χ4n) is 2.57. The van der Waals surface area contributed by atoms with E-state index in [2.05, 4.69) is 29.8 Å². The van der Waals surface area contributed by atoms with E-state index in [0.29, 0.717) is 12.1 Å². The molecule has 1 aliphatic heterocycles. The van der Waals surface area contributed by atoms with Gasteiger partial charge in [-0.3, -0.25) is 0 Å². The second-order valence-electron chi connectivity index (χ2n) is 5.16. The van der Waals surface area contributed by atoms with E-state index in [1.54, 1.807) is 0 Å². The number of hydrogen-bond donors (Lipinski definition) is 1. The molecular formula is C15H25NOS. The Morgan fingerprint density at radius 1 is 1.50 bits per heavy atom. The summed E-state index contributed by atoms with van der Waals surface area (Å²) in [4.78, 5) is 1.49. The van der Waals surface area contributed by atoms with Gasteiger partial charge in [-0.05, 0) is 56.5 Å². The summed E-state index contributed by atoms with van der Waals surface area (Å²) >= 11 is 1.87.